The Kier molecular flexibility index (Phi) is 28.4. The van der Waals surface area contributed by atoms with Crippen molar-refractivity contribution in [1.29, 1.82) is 0 Å². The number of ketones is 1. The molecule has 0 heterocycles. The summed E-state index contributed by atoms with van der Waals surface area (Å²) in [7, 11) is 0. The molecule has 0 aromatic rings. The third-order valence-electron chi connectivity index (χ3n) is 7.84. The van der Waals surface area contributed by atoms with Crippen LogP contribution in [0.1, 0.15) is 175 Å². The van der Waals surface area contributed by atoms with Gasteiger partial charge in [0.15, 0.2) is 0 Å². The lowest BCUT2D eigenvalue weighted by Crippen LogP contribution is -2.27. The van der Waals surface area contributed by atoms with Crippen molar-refractivity contribution in [2.75, 3.05) is 26.2 Å². The zero-order chi connectivity index (χ0) is 28.1. The fourth-order valence-corrected chi connectivity index (χ4v) is 5.26. The maximum absolute atomic E-state index is 12.8. The van der Waals surface area contributed by atoms with E-state index in [0.29, 0.717) is 12.4 Å². The highest BCUT2D eigenvalue weighted by molar-refractivity contribution is 5.75. The predicted octanol–water partition coefficient (Wildman–Crippen LogP) is 10.1. The summed E-state index contributed by atoms with van der Waals surface area (Å²) in [5.74, 6) is 0.492. The summed E-state index contributed by atoms with van der Waals surface area (Å²) in [6, 6.07) is 0. The van der Waals surface area contributed by atoms with Crippen LogP contribution in [0.15, 0.2) is 0 Å². The second-order valence-corrected chi connectivity index (χ2v) is 11.7. The molecule has 0 aliphatic carbocycles. The normalized spacial score (nSPS) is 12.2. The molecule has 4 heteroatoms. The first-order valence-electron chi connectivity index (χ1n) is 16.9. The molecule has 0 spiro atoms. The molecule has 0 bridgehead atoms. The van der Waals surface area contributed by atoms with Gasteiger partial charge in [0.05, 0.1) is 12.5 Å². The lowest BCUT2D eigenvalue weighted by Gasteiger charge is -2.22. The lowest BCUT2D eigenvalue weighted by atomic mass is 9.94. The van der Waals surface area contributed by atoms with Gasteiger partial charge in [-0.05, 0) is 71.5 Å². The fraction of sp³-hybridized carbons (Fsp3) is 0.941. The van der Waals surface area contributed by atoms with Gasteiger partial charge >= 0.3 is 5.97 Å². The standard InChI is InChI=1S/C34H67NO3/c1-5-8-11-14-15-19-27-33(26-18-12-9-6-2)34(37)38-31-24-17-16-22-29-35(28-21-13-10-7-3)30-23-20-25-32(4)36/h33H,5-31H2,1-4H3. The summed E-state index contributed by atoms with van der Waals surface area (Å²) in [6.07, 6.45) is 27.2. The molecule has 0 aromatic carbocycles. The maximum atomic E-state index is 12.8. The topological polar surface area (TPSA) is 46.6 Å². The van der Waals surface area contributed by atoms with Crippen LogP contribution >= 0.6 is 0 Å². The Hall–Kier alpha value is -0.900. The van der Waals surface area contributed by atoms with Crippen molar-refractivity contribution in [3.63, 3.8) is 0 Å². The molecule has 0 saturated heterocycles. The summed E-state index contributed by atoms with van der Waals surface area (Å²) < 4.78 is 5.77. The number of Topliss-reactive ketones (excluding diaryl/α,β-unsaturated/α-hetero) is 1. The Morgan fingerprint density at radius 2 is 0.974 bits per heavy atom. The summed E-state index contributed by atoms with van der Waals surface area (Å²) in [4.78, 5) is 26.7. The minimum absolute atomic E-state index is 0.0684. The Morgan fingerprint density at radius 1 is 0.553 bits per heavy atom. The molecule has 4 nitrogen and oxygen atoms in total. The highest BCUT2D eigenvalue weighted by atomic mass is 16.5. The first-order valence-corrected chi connectivity index (χ1v) is 16.9. The van der Waals surface area contributed by atoms with Crippen LogP contribution in [0, 0.1) is 5.92 Å². The molecule has 0 saturated carbocycles. The molecule has 0 aliphatic heterocycles. The fourth-order valence-electron chi connectivity index (χ4n) is 5.26. The number of ether oxygens (including phenoxy) is 1. The van der Waals surface area contributed by atoms with Gasteiger partial charge in [0.25, 0.3) is 0 Å². The SMILES string of the molecule is CCCCCCCCC(CCCCCC)C(=O)OCCCCCCN(CCCCCC)CCCCC(C)=O. The van der Waals surface area contributed by atoms with Gasteiger partial charge in [-0.1, -0.05) is 117 Å². The van der Waals surface area contributed by atoms with Gasteiger partial charge in [-0.3, -0.25) is 4.79 Å². The third-order valence-corrected chi connectivity index (χ3v) is 7.84. The Balaban J connectivity index is 4.19. The third kappa shape index (κ3) is 25.4. The molecule has 0 amide bonds. The second-order valence-electron chi connectivity index (χ2n) is 11.7. The van der Waals surface area contributed by atoms with Crippen molar-refractivity contribution in [2.45, 2.75) is 175 Å². The first kappa shape index (κ1) is 37.1. The monoisotopic (exact) mass is 538 g/mol. The minimum Gasteiger partial charge on any atom is -0.465 e. The van der Waals surface area contributed by atoms with Crippen LogP contribution in [-0.2, 0) is 14.3 Å². The van der Waals surface area contributed by atoms with E-state index in [9.17, 15) is 9.59 Å². The smallest absolute Gasteiger partial charge is 0.308 e. The number of unbranched alkanes of at least 4 members (excludes halogenated alkanes) is 15. The van der Waals surface area contributed by atoms with Crippen molar-refractivity contribution in [3.05, 3.63) is 0 Å². The minimum atomic E-state index is 0.0684. The van der Waals surface area contributed by atoms with E-state index in [1.165, 1.54) is 103 Å². The van der Waals surface area contributed by atoms with E-state index in [-0.39, 0.29) is 11.9 Å². The second kappa shape index (κ2) is 29.1. The number of esters is 1. The average Bonchev–Trinajstić information content (AvgIpc) is 2.90. The largest absolute Gasteiger partial charge is 0.465 e. The van der Waals surface area contributed by atoms with E-state index in [4.69, 9.17) is 4.74 Å². The quantitative estimate of drug-likeness (QED) is 0.0675. The van der Waals surface area contributed by atoms with E-state index in [1.54, 1.807) is 6.92 Å². The summed E-state index contributed by atoms with van der Waals surface area (Å²) in [5.41, 5.74) is 0. The van der Waals surface area contributed by atoms with Crippen LogP contribution in [0.3, 0.4) is 0 Å². The summed E-state index contributed by atoms with van der Waals surface area (Å²) in [6.45, 7) is 12.5. The van der Waals surface area contributed by atoms with E-state index >= 15 is 0 Å². The van der Waals surface area contributed by atoms with Gasteiger partial charge in [0.1, 0.15) is 5.78 Å². The highest BCUT2D eigenvalue weighted by Crippen LogP contribution is 2.21. The molecular weight excluding hydrogens is 470 g/mol. The molecule has 0 aliphatic rings. The summed E-state index contributed by atoms with van der Waals surface area (Å²) in [5, 5.41) is 0. The highest BCUT2D eigenvalue weighted by Gasteiger charge is 2.19. The van der Waals surface area contributed by atoms with E-state index < -0.39 is 0 Å². The molecule has 38 heavy (non-hydrogen) atoms. The maximum Gasteiger partial charge on any atom is 0.308 e. The molecule has 1 unspecified atom stereocenters. The molecule has 0 aromatic heterocycles. The summed E-state index contributed by atoms with van der Waals surface area (Å²) >= 11 is 0. The van der Waals surface area contributed by atoms with E-state index in [0.717, 1.165) is 64.5 Å². The molecule has 226 valence electrons. The van der Waals surface area contributed by atoms with Gasteiger partial charge in [0.2, 0.25) is 0 Å². The van der Waals surface area contributed by atoms with Gasteiger partial charge in [0, 0.05) is 6.42 Å². The van der Waals surface area contributed by atoms with Crippen LogP contribution in [0.4, 0.5) is 0 Å². The number of carbonyl (C=O) groups is 2. The van der Waals surface area contributed by atoms with Gasteiger partial charge in [-0.25, -0.2) is 0 Å². The van der Waals surface area contributed by atoms with Crippen molar-refractivity contribution < 1.29 is 14.3 Å². The van der Waals surface area contributed by atoms with Gasteiger partial charge in [-0.2, -0.15) is 0 Å². The average molecular weight is 538 g/mol. The van der Waals surface area contributed by atoms with E-state index in [1.807, 2.05) is 0 Å². The van der Waals surface area contributed by atoms with Crippen molar-refractivity contribution >= 4 is 11.8 Å². The van der Waals surface area contributed by atoms with Crippen LogP contribution in [0.5, 0.6) is 0 Å². The lowest BCUT2D eigenvalue weighted by molar-refractivity contribution is -0.149. The molecule has 0 radical (unpaired) electrons. The molecule has 0 N–H and O–H groups in total. The van der Waals surface area contributed by atoms with Gasteiger partial charge in [-0.15, -0.1) is 0 Å². The van der Waals surface area contributed by atoms with Crippen molar-refractivity contribution in [2.24, 2.45) is 5.92 Å². The zero-order valence-corrected chi connectivity index (χ0v) is 26.3. The number of rotatable bonds is 30. The number of hydrogen-bond acceptors (Lipinski definition) is 4. The van der Waals surface area contributed by atoms with Crippen LogP contribution in [0.2, 0.25) is 0 Å². The van der Waals surface area contributed by atoms with E-state index in [2.05, 4.69) is 25.7 Å². The number of nitrogens with zero attached hydrogens (tertiary/aromatic N) is 1. The first-order chi connectivity index (χ1) is 18.5. The van der Waals surface area contributed by atoms with Crippen LogP contribution in [-0.4, -0.2) is 42.9 Å². The Labute approximate surface area is 238 Å². The molecule has 0 rings (SSSR count). The van der Waals surface area contributed by atoms with Crippen LogP contribution < -0.4 is 0 Å². The predicted molar refractivity (Wildman–Crippen MR) is 165 cm³/mol. The zero-order valence-electron chi connectivity index (χ0n) is 26.3. The van der Waals surface area contributed by atoms with Crippen LogP contribution in [0.25, 0.3) is 0 Å². The van der Waals surface area contributed by atoms with Gasteiger partial charge < -0.3 is 14.4 Å². The van der Waals surface area contributed by atoms with Crippen molar-refractivity contribution in [1.82, 2.24) is 4.90 Å². The Morgan fingerprint density at radius 3 is 1.53 bits per heavy atom. The van der Waals surface area contributed by atoms with Crippen molar-refractivity contribution in [3.8, 4) is 0 Å². The number of carbonyl (C=O) groups excluding carboxylic acids is 2. The molecule has 0 fully saturated rings. The Bertz CT molecular complexity index is 522. The molecule has 1 atom stereocenters. The number of hydrogen-bond donors (Lipinski definition) is 0. The molecular formula is C34H67NO3.